The Balaban J connectivity index is 2.51. The predicted octanol–water partition coefficient (Wildman–Crippen LogP) is 3.13. The van der Waals surface area contributed by atoms with Crippen molar-refractivity contribution in [1.82, 2.24) is 4.90 Å². The molecule has 1 saturated carbocycles. The third-order valence-electron chi connectivity index (χ3n) is 3.31. The van der Waals surface area contributed by atoms with E-state index in [9.17, 15) is 4.79 Å². The van der Waals surface area contributed by atoms with Crippen LogP contribution in [0.2, 0.25) is 0 Å². The lowest BCUT2D eigenvalue weighted by molar-refractivity contribution is -0.128. The summed E-state index contributed by atoms with van der Waals surface area (Å²) in [6.45, 7) is 5.52. The van der Waals surface area contributed by atoms with Crippen molar-refractivity contribution >= 4 is 5.91 Å². The minimum absolute atomic E-state index is 0.112. The van der Waals surface area contributed by atoms with Gasteiger partial charge in [0.25, 0.3) is 0 Å². The van der Waals surface area contributed by atoms with Gasteiger partial charge in [-0.2, -0.15) is 0 Å². The molecule has 1 fully saturated rings. The first-order chi connectivity index (χ1) is 7.13. The van der Waals surface area contributed by atoms with Crippen LogP contribution in [0.4, 0.5) is 0 Å². The van der Waals surface area contributed by atoms with Crippen molar-refractivity contribution in [3.05, 3.63) is 12.2 Å². The molecule has 0 atom stereocenters. The van der Waals surface area contributed by atoms with Gasteiger partial charge in [-0.05, 0) is 19.8 Å². The summed E-state index contributed by atoms with van der Waals surface area (Å²) in [4.78, 5) is 13.7. The molecule has 0 bridgehead atoms. The van der Waals surface area contributed by atoms with Gasteiger partial charge in [-0.15, -0.1) is 0 Å². The standard InChI is InChI=1S/C13H23NO/c1-11(2)13(15)14(3)12-9-7-5-4-6-8-10-12/h12H,1,4-10H2,2-3H3. The van der Waals surface area contributed by atoms with E-state index < -0.39 is 0 Å². The second-order valence-corrected chi connectivity index (χ2v) is 4.70. The van der Waals surface area contributed by atoms with E-state index in [2.05, 4.69) is 6.58 Å². The van der Waals surface area contributed by atoms with Crippen LogP contribution in [0.3, 0.4) is 0 Å². The first-order valence-corrected chi connectivity index (χ1v) is 6.05. The smallest absolute Gasteiger partial charge is 0.248 e. The van der Waals surface area contributed by atoms with Crippen molar-refractivity contribution in [2.24, 2.45) is 0 Å². The number of carbonyl (C=O) groups excluding carboxylic acids is 1. The van der Waals surface area contributed by atoms with Gasteiger partial charge >= 0.3 is 0 Å². The molecular weight excluding hydrogens is 186 g/mol. The zero-order chi connectivity index (χ0) is 11.3. The van der Waals surface area contributed by atoms with Crippen LogP contribution in [0.5, 0.6) is 0 Å². The van der Waals surface area contributed by atoms with Crippen LogP contribution in [0.25, 0.3) is 0 Å². The van der Waals surface area contributed by atoms with E-state index in [0.29, 0.717) is 11.6 Å². The van der Waals surface area contributed by atoms with Gasteiger partial charge < -0.3 is 4.90 Å². The average molecular weight is 209 g/mol. The van der Waals surface area contributed by atoms with Gasteiger partial charge in [0.1, 0.15) is 0 Å². The van der Waals surface area contributed by atoms with Gasteiger partial charge in [0.2, 0.25) is 5.91 Å². The monoisotopic (exact) mass is 209 g/mol. The minimum Gasteiger partial charge on any atom is -0.339 e. The summed E-state index contributed by atoms with van der Waals surface area (Å²) >= 11 is 0. The fraction of sp³-hybridized carbons (Fsp3) is 0.769. The average Bonchev–Trinajstić information content (AvgIpc) is 2.15. The molecule has 0 N–H and O–H groups in total. The highest BCUT2D eigenvalue weighted by molar-refractivity contribution is 5.92. The maximum atomic E-state index is 11.8. The Morgan fingerprint density at radius 1 is 1.13 bits per heavy atom. The van der Waals surface area contributed by atoms with Crippen LogP contribution in [-0.4, -0.2) is 23.9 Å². The molecule has 0 radical (unpaired) electrons. The number of nitrogens with zero attached hydrogens (tertiary/aromatic N) is 1. The summed E-state index contributed by atoms with van der Waals surface area (Å²) in [5, 5.41) is 0. The molecule has 1 rings (SSSR count). The number of rotatable bonds is 2. The molecule has 15 heavy (non-hydrogen) atoms. The van der Waals surface area contributed by atoms with Crippen LogP contribution < -0.4 is 0 Å². The fourth-order valence-corrected chi connectivity index (χ4v) is 2.29. The van der Waals surface area contributed by atoms with Gasteiger partial charge in [-0.3, -0.25) is 4.79 Å². The first-order valence-electron chi connectivity index (χ1n) is 6.05. The highest BCUT2D eigenvalue weighted by Crippen LogP contribution is 2.21. The molecule has 0 aromatic carbocycles. The molecule has 0 spiro atoms. The van der Waals surface area contributed by atoms with Gasteiger partial charge in [-0.25, -0.2) is 0 Å². The van der Waals surface area contributed by atoms with Crippen molar-refractivity contribution < 1.29 is 4.79 Å². The zero-order valence-electron chi connectivity index (χ0n) is 10.1. The van der Waals surface area contributed by atoms with Gasteiger partial charge in [0.05, 0.1) is 0 Å². The molecule has 0 heterocycles. The van der Waals surface area contributed by atoms with Crippen molar-refractivity contribution in [2.45, 2.75) is 57.9 Å². The molecule has 0 aromatic rings. The quantitative estimate of drug-likeness (QED) is 0.640. The van der Waals surface area contributed by atoms with Crippen molar-refractivity contribution in [2.75, 3.05) is 7.05 Å². The van der Waals surface area contributed by atoms with Crippen LogP contribution in [-0.2, 0) is 4.79 Å². The molecule has 0 aromatic heterocycles. The number of hydrogen-bond donors (Lipinski definition) is 0. The summed E-state index contributed by atoms with van der Waals surface area (Å²) in [7, 11) is 1.92. The number of hydrogen-bond acceptors (Lipinski definition) is 1. The molecule has 1 aliphatic carbocycles. The van der Waals surface area contributed by atoms with Gasteiger partial charge in [0, 0.05) is 18.7 Å². The van der Waals surface area contributed by atoms with Crippen LogP contribution in [0.1, 0.15) is 51.9 Å². The second kappa shape index (κ2) is 5.94. The molecule has 0 unspecified atom stereocenters. The summed E-state index contributed by atoms with van der Waals surface area (Å²) in [5.74, 6) is 0.112. The Hall–Kier alpha value is -0.790. The Labute approximate surface area is 93.3 Å². The molecule has 2 heteroatoms. The molecular formula is C13H23NO. The molecule has 1 aliphatic rings. The van der Waals surface area contributed by atoms with E-state index >= 15 is 0 Å². The first kappa shape index (κ1) is 12.3. The molecule has 0 saturated heterocycles. The van der Waals surface area contributed by atoms with E-state index in [4.69, 9.17) is 0 Å². The summed E-state index contributed by atoms with van der Waals surface area (Å²) in [5.41, 5.74) is 0.652. The third-order valence-corrected chi connectivity index (χ3v) is 3.31. The Kier molecular flexibility index (Phi) is 4.86. The Morgan fingerprint density at radius 2 is 1.60 bits per heavy atom. The maximum absolute atomic E-state index is 11.8. The third kappa shape index (κ3) is 3.69. The highest BCUT2D eigenvalue weighted by atomic mass is 16.2. The van der Waals surface area contributed by atoms with E-state index in [0.717, 1.165) is 12.8 Å². The van der Waals surface area contributed by atoms with Crippen molar-refractivity contribution in [3.8, 4) is 0 Å². The van der Waals surface area contributed by atoms with Crippen LogP contribution in [0.15, 0.2) is 12.2 Å². The Bertz CT molecular complexity index is 227. The maximum Gasteiger partial charge on any atom is 0.248 e. The molecule has 86 valence electrons. The highest BCUT2D eigenvalue weighted by Gasteiger charge is 2.20. The summed E-state index contributed by atoms with van der Waals surface area (Å²) in [6.07, 6.45) is 8.87. The van der Waals surface area contributed by atoms with E-state index in [1.54, 1.807) is 6.92 Å². The van der Waals surface area contributed by atoms with Gasteiger partial charge in [-0.1, -0.05) is 38.7 Å². The van der Waals surface area contributed by atoms with Crippen LogP contribution >= 0.6 is 0 Å². The lowest BCUT2D eigenvalue weighted by Crippen LogP contribution is -2.37. The summed E-state index contributed by atoms with van der Waals surface area (Å²) in [6, 6.07) is 0.439. The fourth-order valence-electron chi connectivity index (χ4n) is 2.29. The van der Waals surface area contributed by atoms with E-state index in [-0.39, 0.29) is 5.91 Å². The minimum atomic E-state index is 0.112. The van der Waals surface area contributed by atoms with Crippen molar-refractivity contribution in [1.29, 1.82) is 0 Å². The number of likely N-dealkylation sites (N-methyl/N-ethyl adjacent to an activating group) is 1. The van der Waals surface area contributed by atoms with Crippen molar-refractivity contribution in [3.63, 3.8) is 0 Å². The van der Waals surface area contributed by atoms with Gasteiger partial charge in [0.15, 0.2) is 0 Å². The molecule has 1 amide bonds. The number of amides is 1. The Morgan fingerprint density at radius 3 is 2.07 bits per heavy atom. The normalized spacial score (nSPS) is 19.1. The predicted molar refractivity (Wildman–Crippen MR) is 63.7 cm³/mol. The molecule has 0 aliphatic heterocycles. The SMILES string of the molecule is C=C(C)C(=O)N(C)C1CCCCCCC1. The zero-order valence-corrected chi connectivity index (χ0v) is 10.1. The van der Waals surface area contributed by atoms with E-state index in [1.165, 1.54) is 32.1 Å². The largest absolute Gasteiger partial charge is 0.339 e. The summed E-state index contributed by atoms with van der Waals surface area (Å²) < 4.78 is 0. The molecule has 2 nitrogen and oxygen atoms in total. The van der Waals surface area contributed by atoms with Crippen LogP contribution in [0, 0.1) is 0 Å². The second-order valence-electron chi connectivity index (χ2n) is 4.70. The lowest BCUT2D eigenvalue weighted by Gasteiger charge is -2.29. The van der Waals surface area contributed by atoms with E-state index in [1.807, 2.05) is 11.9 Å². The number of carbonyl (C=O) groups is 1. The topological polar surface area (TPSA) is 20.3 Å². The lowest BCUT2D eigenvalue weighted by atomic mass is 9.95.